The number of carbonyl (C=O) groups excluding carboxylic acids is 5. The van der Waals surface area contributed by atoms with E-state index in [1.54, 1.807) is 15.6 Å². The Balaban J connectivity index is 0.000000232. The zero-order valence-electron chi connectivity index (χ0n) is 42.5. The van der Waals surface area contributed by atoms with E-state index < -0.39 is 11.9 Å². The second-order valence-electron chi connectivity index (χ2n) is 17.9. The van der Waals surface area contributed by atoms with Crippen molar-refractivity contribution < 1.29 is 57.6 Å². The lowest BCUT2D eigenvalue weighted by molar-refractivity contribution is -0.151. The summed E-state index contributed by atoms with van der Waals surface area (Å²) in [5.74, 6) is -1.73. The van der Waals surface area contributed by atoms with Gasteiger partial charge in [0.25, 0.3) is 0 Å². The number of nitrogens with one attached hydrogen (secondary N) is 1. The van der Waals surface area contributed by atoms with Crippen molar-refractivity contribution in [2.45, 2.75) is 117 Å². The molecule has 3 aliphatic rings. The van der Waals surface area contributed by atoms with Crippen LogP contribution in [-0.4, -0.2) is 92.0 Å². The fourth-order valence-corrected chi connectivity index (χ4v) is 8.48. The van der Waals surface area contributed by atoms with Gasteiger partial charge in [0, 0.05) is 35.8 Å². The molecule has 2 unspecified atom stereocenters. The van der Waals surface area contributed by atoms with Gasteiger partial charge >= 0.3 is 35.8 Å². The first-order chi connectivity index (χ1) is 35.9. The van der Waals surface area contributed by atoms with Crippen LogP contribution in [0.2, 0.25) is 0 Å². The summed E-state index contributed by atoms with van der Waals surface area (Å²) in [5.41, 5.74) is 7.76. The van der Waals surface area contributed by atoms with Crippen molar-refractivity contribution >= 4 is 47.0 Å². The molecule has 18 nitrogen and oxygen atoms in total. The van der Waals surface area contributed by atoms with Gasteiger partial charge in [-0.15, -0.1) is 0 Å². The topological polar surface area (TPSA) is 233 Å². The highest BCUT2D eigenvalue weighted by Gasteiger charge is 2.28. The first kappa shape index (κ1) is 59.7. The quantitative estimate of drug-likeness (QED) is 0.0501. The van der Waals surface area contributed by atoms with Crippen LogP contribution >= 0.6 is 0 Å². The number of allylic oxidation sites excluding steroid dienone is 4. The molecule has 2 atom stereocenters. The van der Waals surface area contributed by atoms with Gasteiger partial charge in [0.2, 0.25) is 0 Å². The number of aryl methyl sites for hydroxylation is 2. The lowest BCUT2D eigenvalue weighted by Gasteiger charge is -2.25. The third-order valence-electron chi connectivity index (χ3n) is 12.9. The van der Waals surface area contributed by atoms with Crippen molar-refractivity contribution in [3.8, 4) is 0 Å². The van der Waals surface area contributed by atoms with E-state index in [1.165, 1.54) is 32.5 Å². The SMILES string of the molecule is C.C=CC(=O)OC.COC(=O)CCn1cc(C2=CCC(C(=O)OCc3ccccc3)CC2)cn1.COC(=O)CCn1cc(C2CCC(C(=O)O)CC2)cn1.O=C(OCc1ccccc1)C1CC=C(c2cn[nH]c2)CC1. The van der Waals surface area contributed by atoms with E-state index in [1.807, 2.05) is 91.6 Å². The lowest BCUT2D eigenvalue weighted by atomic mass is 9.79. The number of carboxylic acids is 1. The third-order valence-corrected chi connectivity index (χ3v) is 12.9. The monoisotopic (exact) mass is 1030 g/mol. The molecule has 5 aromatic rings. The van der Waals surface area contributed by atoms with Crippen LogP contribution in [0.15, 0.2) is 123 Å². The van der Waals surface area contributed by atoms with Gasteiger partial charge in [0.1, 0.15) is 13.2 Å². The summed E-state index contributed by atoms with van der Waals surface area (Å²) in [7, 11) is 4.06. The van der Waals surface area contributed by atoms with Crippen molar-refractivity contribution in [1.29, 1.82) is 0 Å². The van der Waals surface area contributed by atoms with E-state index in [0.29, 0.717) is 51.5 Å². The van der Waals surface area contributed by atoms with E-state index >= 15 is 0 Å². The van der Waals surface area contributed by atoms with Crippen LogP contribution in [-0.2, 0) is 78.8 Å². The Morgan fingerprint density at radius 2 is 1.16 bits per heavy atom. The molecule has 402 valence electrons. The molecular weight excluding hydrogens is 961 g/mol. The van der Waals surface area contributed by atoms with Crippen molar-refractivity contribution in [2.75, 3.05) is 21.3 Å². The Hall–Kier alpha value is -7.89. The fourth-order valence-electron chi connectivity index (χ4n) is 8.48. The molecule has 18 heteroatoms. The van der Waals surface area contributed by atoms with Gasteiger partial charge in [0.05, 0.1) is 83.6 Å². The van der Waals surface area contributed by atoms with Crippen LogP contribution in [0, 0.1) is 17.8 Å². The predicted octanol–water partition coefficient (Wildman–Crippen LogP) is 9.50. The van der Waals surface area contributed by atoms with E-state index in [9.17, 15) is 28.8 Å². The fraction of sp³-hybridized carbons (Fsp3) is 0.421. The Morgan fingerprint density at radius 3 is 1.59 bits per heavy atom. The van der Waals surface area contributed by atoms with E-state index in [2.05, 4.69) is 53.3 Å². The molecule has 0 radical (unpaired) electrons. The summed E-state index contributed by atoms with van der Waals surface area (Å²) in [6.45, 7) is 4.84. The number of aliphatic carboxylic acids is 1. The van der Waals surface area contributed by atoms with Crippen molar-refractivity contribution in [1.82, 2.24) is 29.8 Å². The number of H-pyrrole nitrogens is 1. The third kappa shape index (κ3) is 20.5. The standard InChI is InChI=1S/C21H24N2O4.C17H18N2O2.C14H20N2O4.C4H6O2.CH4/c1-26-20(24)11-12-23-14-19(13-22-23)17-7-9-18(10-8-17)21(25)27-15-16-5-3-2-4-6-16;20-17(21-12-13-4-2-1-3-5-13)15-8-6-14(7-9-15)16-10-18-19-11-16;1-20-13(17)6-7-16-9-12(8-15-16)10-2-4-11(5-3-10)14(18)19;1-3-4(5)6-2;/h2-7,13-14,18H,8-12,15H2,1H3;1-6,10-11,15H,7-9,12H2,(H,18,19);8-11H,2-7H2,1H3,(H,18,19);3H,1H2,2H3;1H4. The molecule has 2 N–H and O–H groups in total. The minimum atomic E-state index is -0.683. The molecule has 2 aromatic carbocycles. The predicted molar refractivity (Wildman–Crippen MR) is 281 cm³/mol. The van der Waals surface area contributed by atoms with Gasteiger partial charge in [-0.3, -0.25) is 38.4 Å². The van der Waals surface area contributed by atoms with Crippen LogP contribution in [0.3, 0.4) is 0 Å². The van der Waals surface area contributed by atoms with Gasteiger partial charge in [-0.1, -0.05) is 86.8 Å². The average molecular weight is 1030 g/mol. The van der Waals surface area contributed by atoms with E-state index in [-0.39, 0.29) is 49.1 Å². The van der Waals surface area contributed by atoms with E-state index in [4.69, 9.17) is 14.6 Å². The minimum Gasteiger partial charge on any atom is -0.481 e. The number of hydrogen-bond acceptors (Lipinski definition) is 14. The molecule has 0 aliphatic heterocycles. The minimum absolute atomic E-state index is 0. The summed E-state index contributed by atoms with van der Waals surface area (Å²) in [5, 5.41) is 24.3. The smallest absolute Gasteiger partial charge is 0.329 e. The molecule has 3 aliphatic carbocycles. The van der Waals surface area contributed by atoms with Crippen LogP contribution in [0.5, 0.6) is 0 Å². The summed E-state index contributed by atoms with van der Waals surface area (Å²) in [6.07, 6.45) is 25.1. The average Bonchev–Trinajstić information content (AvgIpc) is 4.28. The number of ether oxygens (including phenoxy) is 5. The number of benzene rings is 2. The number of hydrogen-bond donors (Lipinski definition) is 2. The van der Waals surface area contributed by atoms with Gasteiger partial charge in [-0.2, -0.15) is 15.3 Å². The summed E-state index contributed by atoms with van der Waals surface area (Å²) >= 11 is 0. The molecule has 0 saturated heterocycles. The van der Waals surface area contributed by atoms with E-state index in [0.717, 1.165) is 91.7 Å². The Labute approximate surface area is 439 Å². The second-order valence-corrected chi connectivity index (χ2v) is 17.9. The molecule has 0 amide bonds. The Bertz CT molecular complexity index is 2610. The lowest BCUT2D eigenvalue weighted by Crippen LogP contribution is -2.20. The number of nitrogens with zero attached hydrogens (tertiary/aromatic N) is 5. The van der Waals surface area contributed by atoms with Crippen molar-refractivity contribution in [2.24, 2.45) is 17.8 Å². The Morgan fingerprint density at radius 1 is 0.653 bits per heavy atom. The van der Waals surface area contributed by atoms with Gasteiger partial charge < -0.3 is 28.8 Å². The van der Waals surface area contributed by atoms with Crippen LogP contribution in [0.25, 0.3) is 11.1 Å². The molecular formula is C57H72N6O12. The summed E-state index contributed by atoms with van der Waals surface area (Å²) in [4.78, 5) is 67.4. The zero-order valence-corrected chi connectivity index (χ0v) is 42.5. The number of carboxylic acid groups (broad SMARTS) is 1. The first-order valence-corrected chi connectivity index (χ1v) is 24.8. The maximum absolute atomic E-state index is 12.3. The van der Waals surface area contributed by atoms with Crippen LogP contribution < -0.4 is 0 Å². The summed E-state index contributed by atoms with van der Waals surface area (Å²) in [6, 6.07) is 19.5. The molecule has 3 aromatic heterocycles. The van der Waals surface area contributed by atoms with Crippen LogP contribution in [0.1, 0.15) is 118 Å². The summed E-state index contributed by atoms with van der Waals surface area (Å²) < 4.78 is 27.7. The molecule has 3 heterocycles. The maximum atomic E-state index is 12.3. The second kappa shape index (κ2) is 32.3. The Kier molecular flexibility index (Phi) is 25.7. The number of methoxy groups -OCH3 is 3. The largest absolute Gasteiger partial charge is 0.481 e. The molecule has 8 rings (SSSR count). The molecule has 0 bridgehead atoms. The van der Waals surface area contributed by atoms with Gasteiger partial charge in [-0.25, -0.2) is 4.79 Å². The highest BCUT2D eigenvalue weighted by atomic mass is 16.5. The van der Waals surface area contributed by atoms with Gasteiger partial charge in [-0.05, 0) is 98.0 Å². The van der Waals surface area contributed by atoms with Crippen LogP contribution in [0.4, 0.5) is 0 Å². The van der Waals surface area contributed by atoms with Gasteiger partial charge in [0.15, 0.2) is 0 Å². The zero-order chi connectivity index (χ0) is 53.1. The number of carbonyl (C=O) groups is 6. The van der Waals surface area contributed by atoms with Crippen molar-refractivity contribution in [3.05, 3.63) is 150 Å². The number of esters is 5. The number of aromatic nitrogens is 6. The molecule has 0 spiro atoms. The maximum Gasteiger partial charge on any atom is 0.329 e. The highest BCUT2D eigenvalue weighted by molar-refractivity contribution is 5.81. The first-order valence-electron chi connectivity index (χ1n) is 24.8. The molecule has 75 heavy (non-hydrogen) atoms. The van der Waals surface area contributed by atoms with Crippen molar-refractivity contribution in [3.63, 3.8) is 0 Å². The number of rotatable bonds is 17. The highest BCUT2D eigenvalue weighted by Crippen LogP contribution is 2.36. The molecule has 1 saturated carbocycles. The molecule has 1 fully saturated rings. The normalized spacial score (nSPS) is 17.5. The number of aromatic amines is 1.